The summed E-state index contributed by atoms with van der Waals surface area (Å²) in [6.45, 7) is 6.25. The summed E-state index contributed by atoms with van der Waals surface area (Å²) in [4.78, 5) is 2.22. The standard InChI is InChI=1S/C18H23N5O/c1-4-24-17-7-5-14(6-8-17)18-15(10-19-22-18)11-23(3)12-16-9-13(2)20-21-16/h5-10H,4,11-12H2,1-3H3,(H,19,22)(H,20,21). The number of nitrogens with one attached hydrogen (secondary N) is 2. The molecule has 0 aliphatic rings. The minimum atomic E-state index is 0.673. The Morgan fingerprint density at radius 2 is 1.92 bits per heavy atom. The van der Waals surface area contributed by atoms with E-state index in [1.54, 1.807) is 0 Å². The van der Waals surface area contributed by atoms with Crippen molar-refractivity contribution in [1.29, 1.82) is 0 Å². The van der Waals surface area contributed by atoms with Crippen molar-refractivity contribution in [2.45, 2.75) is 26.9 Å². The van der Waals surface area contributed by atoms with Crippen LogP contribution in [0.3, 0.4) is 0 Å². The Hall–Kier alpha value is -2.60. The smallest absolute Gasteiger partial charge is 0.119 e. The first kappa shape index (κ1) is 16.3. The van der Waals surface area contributed by atoms with E-state index in [9.17, 15) is 0 Å². The number of hydrogen-bond donors (Lipinski definition) is 2. The maximum Gasteiger partial charge on any atom is 0.119 e. The predicted molar refractivity (Wildman–Crippen MR) is 93.7 cm³/mol. The van der Waals surface area contributed by atoms with Crippen LogP contribution in [0, 0.1) is 6.92 Å². The fraction of sp³-hybridized carbons (Fsp3) is 0.333. The first-order valence-electron chi connectivity index (χ1n) is 8.10. The number of aromatic nitrogens is 4. The number of aryl methyl sites for hydroxylation is 1. The predicted octanol–water partition coefficient (Wildman–Crippen LogP) is 3.14. The molecular weight excluding hydrogens is 302 g/mol. The molecule has 0 spiro atoms. The Kier molecular flexibility index (Phi) is 4.96. The fourth-order valence-electron chi connectivity index (χ4n) is 2.74. The van der Waals surface area contributed by atoms with Gasteiger partial charge in [0.15, 0.2) is 0 Å². The molecule has 2 N–H and O–H groups in total. The molecule has 0 atom stereocenters. The van der Waals surface area contributed by atoms with Crippen molar-refractivity contribution in [1.82, 2.24) is 25.3 Å². The summed E-state index contributed by atoms with van der Waals surface area (Å²) in [5, 5.41) is 14.6. The van der Waals surface area contributed by atoms with Gasteiger partial charge in [-0.2, -0.15) is 10.2 Å². The van der Waals surface area contributed by atoms with Gasteiger partial charge in [0.25, 0.3) is 0 Å². The quantitative estimate of drug-likeness (QED) is 0.700. The lowest BCUT2D eigenvalue weighted by Gasteiger charge is -2.15. The zero-order valence-corrected chi connectivity index (χ0v) is 14.3. The zero-order chi connectivity index (χ0) is 16.9. The molecule has 0 bridgehead atoms. The number of nitrogens with zero attached hydrogens (tertiary/aromatic N) is 3. The summed E-state index contributed by atoms with van der Waals surface area (Å²) in [7, 11) is 2.08. The second kappa shape index (κ2) is 7.31. The minimum Gasteiger partial charge on any atom is -0.494 e. The van der Waals surface area contributed by atoms with Crippen LogP contribution in [-0.2, 0) is 13.1 Å². The largest absolute Gasteiger partial charge is 0.494 e. The van der Waals surface area contributed by atoms with Gasteiger partial charge >= 0.3 is 0 Å². The number of H-pyrrole nitrogens is 2. The van der Waals surface area contributed by atoms with Crippen molar-refractivity contribution in [3.63, 3.8) is 0 Å². The van der Waals surface area contributed by atoms with Crippen LogP contribution in [0.4, 0.5) is 0 Å². The molecule has 0 saturated heterocycles. The normalized spacial score (nSPS) is 11.2. The van der Waals surface area contributed by atoms with E-state index in [0.29, 0.717) is 6.61 Å². The summed E-state index contributed by atoms with van der Waals surface area (Å²) < 4.78 is 5.50. The van der Waals surface area contributed by atoms with E-state index in [4.69, 9.17) is 4.74 Å². The molecule has 0 unspecified atom stereocenters. The Labute approximate surface area is 141 Å². The second-order valence-electron chi connectivity index (χ2n) is 5.94. The van der Waals surface area contributed by atoms with Gasteiger partial charge in [-0.15, -0.1) is 0 Å². The molecule has 1 aromatic carbocycles. The lowest BCUT2D eigenvalue weighted by atomic mass is 10.1. The first-order valence-corrected chi connectivity index (χ1v) is 8.10. The molecule has 0 aliphatic heterocycles. The number of ether oxygens (including phenoxy) is 1. The van der Waals surface area contributed by atoms with E-state index in [1.807, 2.05) is 32.2 Å². The molecule has 6 nitrogen and oxygen atoms in total. The number of hydrogen-bond acceptors (Lipinski definition) is 4. The van der Waals surface area contributed by atoms with Crippen LogP contribution < -0.4 is 4.74 Å². The third-order valence-corrected chi connectivity index (χ3v) is 3.80. The Bertz CT molecular complexity index is 775. The average molecular weight is 325 g/mol. The molecule has 6 heteroatoms. The zero-order valence-electron chi connectivity index (χ0n) is 14.3. The van der Waals surface area contributed by atoms with E-state index in [1.165, 1.54) is 0 Å². The van der Waals surface area contributed by atoms with Gasteiger partial charge < -0.3 is 4.74 Å². The van der Waals surface area contributed by atoms with Gasteiger partial charge in [-0.25, -0.2) is 0 Å². The molecule has 24 heavy (non-hydrogen) atoms. The summed E-state index contributed by atoms with van der Waals surface area (Å²) in [5.41, 5.74) is 5.44. The first-order chi connectivity index (χ1) is 11.7. The molecule has 3 aromatic rings. The van der Waals surface area contributed by atoms with E-state index in [2.05, 4.69) is 50.5 Å². The van der Waals surface area contributed by atoms with Gasteiger partial charge in [0.1, 0.15) is 5.75 Å². The van der Waals surface area contributed by atoms with Gasteiger partial charge in [-0.1, -0.05) is 0 Å². The molecule has 0 saturated carbocycles. The highest BCUT2D eigenvalue weighted by Crippen LogP contribution is 2.24. The van der Waals surface area contributed by atoms with Gasteiger partial charge in [0, 0.05) is 29.9 Å². The van der Waals surface area contributed by atoms with E-state index >= 15 is 0 Å². The maximum atomic E-state index is 5.50. The second-order valence-corrected chi connectivity index (χ2v) is 5.94. The molecule has 2 heterocycles. The molecular formula is C18H23N5O. The highest BCUT2D eigenvalue weighted by atomic mass is 16.5. The van der Waals surface area contributed by atoms with Crippen LogP contribution in [0.25, 0.3) is 11.3 Å². The van der Waals surface area contributed by atoms with Crippen LogP contribution in [0.5, 0.6) is 5.75 Å². The Balaban J connectivity index is 1.70. The number of aromatic amines is 2. The van der Waals surface area contributed by atoms with Crippen LogP contribution >= 0.6 is 0 Å². The van der Waals surface area contributed by atoms with E-state index in [-0.39, 0.29) is 0 Å². The van der Waals surface area contributed by atoms with Crippen molar-refractivity contribution >= 4 is 0 Å². The van der Waals surface area contributed by atoms with Gasteiger partial charge in [-0.3, -0.25) is 15.1 Å². The van der Waals surface area contributed by atoms with Crippen LogP contribution in [0.15, 0.2) is 36.5 Å². The molecule has 0 amide bonds. The van der Waals surface area contributed by atoms with Gasteiger partial charge in [-0.05, 0) is 51.2 Å². The van der Waals surface area contributed by atoms with Crippen molar-refractivity contribution in [2.75, 3.05) is 13.7 Å². The fourth-order valence-corrected chi connectivity index (χ4v) is 2.74. The minimum absolute atomic E-state index is 0.673. The van der Waals surface area contributed by atoms with Crippen LogP contribution in [0.1, 0.15) is 23.9 Å². The highest BCUT2D eigenvalue weighted by molar-refractivity contribution is 5.63. The van der Waals surface area contributed by atoms with Crippen molar-refractivity contribution < 1.29 is 4.74 Å². The number of rotatable bonds is 7. The van der Waals surface area contributed by atoms with Crippen molar-refractivity contribution in [3.05, 3.63) is 53.5 Å². The van der Waals surface area contributed by atoms with E-state index in [0.717, 1.165) is 47.0 Å². The third kappa shape index (κ3) is 3.83. The molecule has 0 fully saturated rings. The monoisotopic (exact) mass is 325 g/mol. The van der Waals surface area contributed by atoms with E-state index < -0.39 is 0 Å². The average Bonchev–Trinajstić information content (AvgIpc) is 3.17. The third-order valence-electron chi connectivity index (χ3n) is 3.80. The molecule has 3 rings (SSSR count). The molecule has 2 aromatic heterocycles. The lowest BCUT2D eigenvalue weighted by Crippen LogP contribution is -2.17. The van der Waals surface area contributed by atoms with Gasteiger partial charge in [0.2, 0.25) is 0 Å². The van der Waals surface area contributed by atoms with Crippen LogP contribution in [0.2, 0.25) is 0 Å². The molecule has 0 aliphatic carbocycles. The highest BCUT2D eigenvalue weighted by Gasteiger charge is 2.11. The molecule has 0 radical (unpaired) electrons. The lowest BCUT2D eigenvalue weighted by molar-refractivity contribution is 0.315. The summed E-state index contributed by atoms with van der Waals surface area (Å²) in [6.07, 6.45) is 1.89. The molecule has 126 valence electrons. The Morgan fingerprint density at radius 1 is 1.12 bits per heavy atom. The maximum absolute atomic E-state index is 5.50. The topological polar surface area (TPSA) is 69.8 Å². The summed E-state index contributed by atoms with van der Waals surface area (Å²) >= 11 is 0. The Morgan fingerprint density at radius 3 is 2.58 bits per heavy atom. The van der Waals surface area contributed by atoms with Gasteiger partial charge in [0.05, 0.1) is 24.2 Å². The number of benzene rings is 1. The summed E-state index contributed by atoms with van der Waals surface area (Å²) in [6, 6.07) is 10.1. The van der Waals surface area contributed by atoms with Crippen molar-refractivity contribution in [2.24, 2.45) is 0 Å². The summed E-state index contributed by atoms with van der Waals surface area (Å²) in [5.74, 6) is 0.883. The van der Waals surface area contributed by atoms with Crippen LogP contribution in [-0.4, -0.2) is 38.9 Å². The van der Waals surface area contributed by atoms with Crippen molar-refractivity contribution in [3.8, 4) is 17.0 Å². The SMILES string of the molecule is CCOc1ccc(-c2[nH]ncc2CN(C)Cc2cc(C)[nH]n2)cc1.